The Bertz CT molecular complexity index is 156. The van der Waals surface area contributed by atoms with Gasteiger partial charge in [0.2, 0.25) is 0 Å². The molecule has 1 atom stereocenters. The van der Waals surface area contributed by atoms with E-state index < -0.39 is 0 Å². The van der Waals surface area contributed by atoms with Crippen molar-refractivity contribution < 1.29 is 9.84 Å². The monoisotopic (exact) mass is 215 g/mol. The van der Waals surface area contributed by atoms with E-state index in [1.807, 2.05) is 0 Å². The minimum atomic E-state index is -0.106. The first-order chi connectivity index (χ1) is 7.18. The summed E-state index contributed by atoms with van der Waals surface area (Å²) in [6, 6.07) is 0. The molecule has 90 valence electrons. The van der Waals surface area contributed by atoms with Crippen molar-refractivity contribution in [1.29, 1.82) is 0 Å². The standard InChI is InChI=1S/C12H25NO2/c1-11(2)10-12(14)4-3-5-13-6-8-15-9-7-13/h11-12,14H,3-10H2,1-2H3. The molecule has 0 aromatic heterocycles. The number of nitrogens with zero attached hydrogens (tertiary/aromatic N) is 1. The van der Waals surface area contributed by atoms with Gasteiger partial charge in [-0.1, -0.05) is 13.8 Å². The van der Waals surface area contributed by atoms with Crippen LogP contribution in [0.1, 0.15) is 33.1 Å². The molecule has 1 saturated heterocycles. The second-order valence-electron chi connectivity index (χ2n) is 4.88. The highest BCUT2D eigenvalue weighted by Crippen LogP contribution is 2.10. The molecule has 1 rings (SSSR count). The number of ether oxygens (including phenoxy) is 1. The molecule has 0 spiro atoms. The molecule has 0 saturated carbocycles. The van der Waals surface area contributed by atoms with E-state index in [9.17, 15) is 5.11 Å². The van der Waals surface area contributed by atoms with Crippen LogP contribution in [0.4, 0.5) is 0 Å². The van der Waals surface area contributed by atoms with Gasteiger partial charge in [0.25, 0.3) is 0 Å². The molecular formula is C12H25NO2. The molecule has 1 N–H and O–H groups in total. The molecule has 0 bridgehead atoms. The largest absolute Gasteiger partial charge is 0.393 e. The molecule has 1 aliphatic rings. The normalized spacial score (nSPS) is 20.8. The van der Waals surface area contributed by atoms with Crippen LogP contribution in [0.3, 0.4) is 0 Å². The van der Waals surface area contributed by atoms with Crippen LogP contribution in [0.5, 0.6) is 0 Å². The van der Waals surface area contributed by atoms with Crippen molar-refractivity contribution in [2.45, 2.75) is 39.2 Å². The van der Waals surface area contributed by atoms with E-state index in [4.69, 9.17) is 4.74 Å². The first kappa shape index (κ1) is 12.9. The van der Waals surface area contributed by atoms with E-state index in [2.05, 4.69) is 18.7 Å². The maximum absolute atomic E-state index is 9.71. The Labute approximate surface area is 93.4 Å². The molecule has 1 aliphatic heterocycles. The summed E-state index contributed by atoms with van der Waals surface area (Å²) in [6.45, 7) is 9.28. The first-order valence-corrected chi connectivity index (χ1v) is 6.16. The molecule has 1 unspecified atom stereocenters. The predicted octanol–water partition coefficient (Wildman–Crippen LogP) is 1.51. The zero-order chi connectivity index (χ0) is 11.1. The minimum Gasteiger partial charge on any atom is -0.393 e. The molecule has 1 heterocycles. The van der Waals surface area contributed by atoms with Gasteiger partial charge in [0.15, 0.2) is 0 Å². The fourth-order valence-electron chi connectivity index (χ4n) is 2.04. The summed E-state index contributed by atoms with van der Waals surface area (Å²) in [6.07, 6.45) is 2.87. The van der Waals surface area contributed by atoms with E-state index in [0.29, 0.717) is 5.92 Å². The third-order valence-electron chi connectivity index (χ3n) is 2.86. The number of rotatable bonds is 6. The third kappa shape index (κ3) is 6.13. The van der Waals surface area contributed by atoms with Crippen LogP contribution in [0.15, 0.2) is 0 Å². The Morgan fingerprint density at radius 2 is 1.93 bits per heavy atom. The van der Waals surface area contributed by atoms with Gasteiger partial charge >= 0.3 is 0 Å². The van der Waals surface area contributed by atoms with Gasteiger partial charge in [0.05, 0.1) is 19.3 Å². The van der Waals surface area contributed by atoms with Crippen molar-refractivity contribution in [3.8, 4) is 0 Å². The van der Waals surface area contributed by atoms with Crippen LogP contribution in [0.2, 0.25) is 0 Å². The zero-order valence-corrected chi connectivity index (χ0v) is 10.1. The smallest absolute Gasteiger partial charge is 0.0594 e. The molecular weight excluding hydrogens is 190 g/mol. The molecule has 0 aliphatic carbocycles. The first-order valence-electron chi connectivity index (χ1n) is 6.16. The van der Waals surface area contributed by atoms with Gasteiger partial charge < -0.3 is 9.84 Å². The van der Waals surface area contributed by atoms with Crippen molar-refractivity contribution in [3.05, 3.63) is 0 Å². The topological polar surface area (TPSA) is 32.7 Å². The van der Waals surface area contributed by atoms with Crippen molar-refractivity contribution >= 4 is 0 Å². The van der Waals surface area contributed by atoms with Crippen LogP contribution in [-0.2, 0) is 4.74 Å². The highest BCUT2D eigenvalue weighted by Gasteiger charge is 2.11. The molecule has 15 heavy (non-hydrogen) atoms. The number of hydrogen-bond acceptors (Lipinski definition) is 3. The van der Waals surface area contributed by atoms with E-state index in [1.54, 1.807) is 0 Å². The Kier molecular flexibility index (Phi) is 6.22. The quantitative estimate of drug-likeness (QED) is 0.729. The molecule has 0 aromatic carbocycles. The molecule has 0 radical (unpaired) electrons. The van der Waals surface area contributed by atoms with Gasteiger partial charge in [-0.3, -0.25) is 4.90 Å². The van der Waals surface area contributed by atoms with Gasteiger partial charge in [-0.2, -0.15) is 0 Å². The summed E-state index contributed by atoms with van der Waals surface area (Å²) < 4.78 is 5.29. The lowest BCUT2D eigenvalue weighted by Crippen LogP contribution is -2.37. The van der Waals surface area contributed by atoms with Crippen molar-refractivity contribution in [3.63, 3.8) is 0 Å². The average molecular weight is 215 g/mol. The van der Waals surface area contributed by atoms with E-state index >= 15 is 0 Å². The Balaban J connectivity index is 1.99. The Hall–Kier alpha value is -0.120. The van der Waals surface area contributed by atoms with Crippen LogP contribution < -0.4 is 0 Å². The summed E-state index contributed by atoms with van der Waals surface area (Å²) in [5, 5.41) is 9.71. The molecule has 3 nitrogen and oxygen atoms in total. The second-order valence-corrected chi connectivity index (χ2v) is 4.88. The fraction of sp³-hybridized carbons (Fsp3) is 1.00. The van der Waals surface area contributed by atoms with Gasteiger partial charge in [-0.05, 0) is 31.7 Å². The SMILES string of the molecule is CC(C)CC(O)CCCN1CCOCC1. The summed E-state index contributed by atoms with van der Waals surface area (Å²) in [4.78, 5) is 2.42. The molecule has 1 fully saturated rings. The number of morpholine rings is 1. The molecule has 3 heteroatoms. The van der Waals surface area contributed by atoms with E-state index in [1.165, 1.54) is 0 Å². The fourth-order valence-corrected chi connectivity index (χ4v) is 2.04. The predicted molar refractivity (Wildman–Crippen MR) is 62.0 cm³/mol. The van der Waals surface area contributed by atoms with Crippen molar-refractivity contribution in [2.75, 3.05) is 32.8 Å². The van der Waals surface area contributed by atoms with E-state index in [-0.39, 0.29) is 6.10 Å². The molecule has 0 amide bonds. The zero-order valence-electron chi connectivity index (χ0n) is 10.1. The summed E-state index contributed by atoms with van der Waals surface area (Å²) in [5.74, 6) is 0.600. The van der Waals surface area contributed by atoms with Crippen LogP contribution in [0, 0.1) is 5.92 Å². The van der Waals surface area contributed by atoms with Crippen LogP contribution in [0.25, 0.3) is 0 Å². The third-order valence-corrected chi connectivity index (χ3v) is 2.86. The van der Waals surface area contributed by atoms with Crippen LogP contribution >= 0.6 is 0 Å². The Morgan fingerprint density at radius 3 is 2.53 bits per heavy atom. The molecule has 0 aromatic rings. The van der Waals surface area contributed by atoms with Crippen molar-refractivity contribution in [2.24, 2.45) is 5.92 Å². The summed E-state index contributed by atoms with van der Waals surface area (Å²) >= 11 is 0. The Morgan fingerprint density at radius 1 is 1.27 bits per heavy atom. The lowest BCUT2D eigenvalue weighted by molar-refractivity contribution is 0.0347. The van der Waals surface area contributed by atoms with Gasteiger partial charge in [-0.25, -0.2) is 0 Å². The number of aliphatic hydroxyl groups is 1. The highest BCUT2D eigenvalue weighted by molar-refractivity contribution is 4.64. The minimum absolute atomic E-state index is 0.106. The maximum Gasteiger partial charge on any atom is 0.0594 e. The number of hydrogen-bond donors (Lipinski definition) is 1. The van der Waals surface area contributed by atoms with Crippen LogP contribution in [-0.4, -0.2) is 49.0 Å². The van der Waals surface area contributed by atoms with Crippen molar-refractivity contribution in [1.82, 2.24) is 4.90 Å². The lowest BCUT2D eigenvalue weighted by atomic mass is 10.0. The van der Waals surface area contributed by atoms with Gasteiger partial charge in [-0.15, -0.1) is 0 Å². The summed E-state index contributed by atoms with van der Waals surface area (Å²) in [7, 11) is 0. The van der Waals surface area contributed by atoms with E-state index in [0.717, 1.165) is 52.1 Å². The second kappa shape index (κ2) is 7.20. The average Bonchev–Trinajstić information content (AvgIpc) is 2.18. The summed E-state index contributed by atoms with van der Waals surface area (Å²) in [5.41, 5.74) is 0. The maximum atomic E-state index is 9.71. The van der Waals surface area contributed by atoms with Gasteiger partial charge in [0.1, 0.15) is 0 Å². The van der Waals surface area contributed by atoms with Gasteiger partial charge in [0, 0.05) is 13.1 Å². The lowest BCUT2D eigenvalue weighted by Gasteiger charge is -2.26. The highest BCUT2D eigenvalue weighted by atomic mass is 16.5. The number of aliphatic hydroxyl groups excluding tert-OH is 1.